The average molecular weight is 267 g/mol. The lowest BCUT2D eigenvalue weighted by Gasteiger charge is -2.26. The Morgan fingerprint density at radius 1 is 1.33 bits per heavy atom. The van der Waals surface area contributed by atoms with Gasteiger partial charge in [-0.15, -0.1) is 11.3 Å². The third-order valence-corrected chi connectivity index (χ3v) is 4.60. The Labute approximate surface area is 114 Å². The van der Waals surface area contributed by atoms with Gasteiger partial charge < -0.3 is 10.6 Å². The molecule has 0 unspecified atom stereocenters. The molecule has 18 heavy (non-hydrogen) atoms. The first-order chi connectivity index (χ1) is 8.52. The quantitative estimate of drug-likeness (QED) is 0.859. The topological polar surface area (TPSA) is 42.2 Å². The van der Waals surface area contributed by atoms with E-state index >= 15 is 0 Å². The van der Waals surface area contributed by atoms with Gasteiger partial charge >= 0.3 is 0 Å². The highest BCUT2D eigenvalue weighted by Gasteiger charge is 2.27. The molecule has 1 aromatic rings. The SMILES string of the molecule is CC(C)c1nc(N(CC2CC2)C(C)C)sc1CN. The molecule has 1 aromatic heterocycles. The molecule has 0 aromatic carbocycles. The van der Waals surface area contributed by atoms with Crippen molar-refractivity contribution >= 4 is 16.5 Å². The molecule has 0 amide bonds. The van der Waals surface area contributed by atoms with Crippen LogP contribution in [0, 0.1) is 5.92 Å². The highest BCUT2D eigenvalue weighted by atomic mass is 32.1. The minimum atomic E-state index is 0.462. The molecule has 0 bridgehead atoms. The van der Waals surface area contributed by atoms with Crippen molar-refractivity contribution in [3.05, 3.63) is 10.6 Å². The lowest BCUT2D eigenvalue weighted by Crippen LogP contribution is -2.32. The maximum absolute atomic E-state index is 5.84. The Morgan fingerprint density at radius 3 is 2.39 bits per heavy atom. The van der Waals surface area contributed by atoms with Crippen molar-refractivity contribution in [3.63, 3.8) is 0 Å². The molecule has 1 heterocycles. The standard InChI is InChI=1S/C14H25N3S/c1-9(2)13-12(7-15)18-14(16-13)17(10(3)4)8-11-5-6-11/h9-11H,5-8,15H2,1-4H3. The first kappa shape index (κ1) is 13.8. The van der Waals surface area contributed by atoms with Crippen molar-refractivity contribution in [1.29, 1.82) is 0 Å². The zero-order chi connectivity index (χ0) is 13.3. The maximum Gasteiger partial charge on any atom is 0.186 e. The van der Waals surface area contributed by atoms with E-state index in [1.807, 2.05) is 0 Å². The van der Waals surface area contributed by atoms with Crippen molar-refractivity contribution in [3.8, 4) is 0 Å². The predicted octanol–water partition coefficient (Wildman–Crippen LogP) is 3.35. The molecular weight excluding hydrogens is 242 g/mol. The number of hydrogen-bond acceptors (Lipinski definition) is 4. The van der Waals surface area contributed by atoms with Gasteiger partial charge in [0.1, 0.15) is 0 Å². The van der Waals surface area contributed by atoms with Crippen LogP contribution >= 0.6 is 11.3 Å². The van der Waals surface area contributed by atoms with Crippen molar-refractivity contribution in [1.82, 2.24) is 4.98 Å². The molecule has 0 atom stereocenters. The number of rotatable bonds is 6. The van der Waals surface area contributed by atoms with Gasteiger partial charge in [-0.1, -0.05) is 13.8 Å². The minimum absolute atomic E-state index is 0.462. The molecule has 2 rings (SSSR count). The van der Waals surface area contributed by atoms with Crippen LogP contribution in [0.15, 0.2) is 0 Å². The van der Waals surface area contributed by atoms with Crippen LogP contribution in [-0.4, -0.2) is 17.6 Å². The van der Waals surface area contributed by atoms with Gasteiger partial charge in [0.2, 0.25) is 0 Å². The smallest absolute Gasteiger partial charge is 0.186 e. The van der Waals surface area contributed by atoms with Crippen LogP contribution in [0.2, 0.25) is 0 Å². The van der Waals surface area contributed by atoms with Gasteiger partial charge in [0.15, 0.2) is 5.13 Å². The van der Waals surface area contributed by atoms with E-state index in [9.17, 15) is 0 Å². The molecule has 0 radical (unpaired) electrons. The van der Waals surface area contributed by atoms with E-state index in [1.54, 1.807) is 11.3 Å². The minimum Gasteiger partial charge on any atom is -0.345 e. The van der Waals surface area contributed by atoms with Gasteiger partial charge in [0.25, 0.3) is 0 Å². The second kappa shape index (κ2) is 5.57. The first-order valence-electron chi connectivity index (χ1n) is 6.99. The van der Waals surface area contributed by atoms with Crippen LogP contribution in [0.25, 0.3) is 0 Å². The van der Waals surface area contributed by atoms with Gasteiger partial charge in [0.05, 0.1) is 5.69 Å². The fraction of sp³-hybridized carbons (Fsp3) is 0.786. The number of nitrogens with zero attached hydrogens (tertiary/aromatic N) is 2. The molecule has 1 saturated carbocycles. The van der Waals surface area contributed by atoms with Gasteiger partial charge in [-0.2, -0.15) is 0 Å². The van der Waals surface area contributed by atoms with Crippen molar-refractivity contribution in [2.75, 3.05) is 11.4 Å². The fourth-order valence-corrected chi connectivity index (χ4v) is 3.40. The van der Waals surface area contributed by atoms with Crippen LogP contribution in [0.3, 0.4) is 0 Å². The third-order valence-electron chi connectivity index (χ3n) is 3.47. The van der Waals surface area contributed by atoms with Crippen molar-refractivity contribution in [2.45, 2.75) is 59.0 Å². The Balaban J connectivity index is 2.23. The summed E-state index contributed by atoms with van der Waals surface area (Å²) in [5.74, 6) is 1.35. The second-order valence-corrected chi connectivity index (χ2v) is 6.92. The molecule has 102 valence electrons. The van der Waals surface area contributed by atoms with Gasteiger partial charge in [0, 0.05) is 24.0 Å². The lowest BCUT2D eigenvalue weighted by atomic mass is 10.1. The number of aromatic nitrogens is 1. The van der Waals surface area contributed by atoms with E-state index in [0.29, 0.717) is 18.5 Å². The van der Waals surface area contributed by atoms with Crippen LogP contribution in [0.4, 0.5) is 5.13 Å². The molecule has 0 saturated heterocycles. The predicted molar refractivity (Wildman–Crippen MR) is 79.3 cm³/mol. The van der Waals surface area contributed by atoms with Crippen LogP contribution < -0.4 is 10.6 Å². The molecule has 2 N–H and O–H groups in total. The average Bonchev–Trinajstić information content (AvgIpc) is 3.02. The summed E-state index contributed by atoms with van der Waals surface area (Å²) in [6.07, 6.45) is 2.77. The highest BCUT2D eigenvalue weighted by molar-refractivity contribution is 7.15. The summed E-state index contributed by atoms with van der Waals surface area (Å²) in [4.78, 5) is 8.55. The van der Waals surface area contributed by atoms with E-state index in [1.165, 1.54) is 28.5 Å². The van der Waals surface area contributed by atoms with Crippen molar-refractivity contribution in [2.24, 2.45) is 11.7 Å². The van der Waals surface area contributed by atoms with Crippen LogP contribution in [0.5, 0.6) is 0 Å². The molecule has 0 aliphatic heterocycles. The summed E-state index contributed by atoms with van der Waals surface area (Å²) in [6, 6.07) is 0.516. The number of thiazole rings is 1. The monoisotopic (exact) mass is 267 g/mol. The number of hydrogen-bond donors (Lipinski definition) is 1. The van der Waals surface area contributed by atoms with E-state index in [-0.39, 0.29) is 0 Å². The summed E-state index contributed by atoms with van der Waals surface area (Å²) in [7, 11) is 0. The molecular formula is C14H25N3S. The Kier molecular flexibility index (Phi) is 4.28. The number of nitrogens with two attached hydrogens (primary N) is 1. The largest absolute Gasteiger partial charge is 0.345 e. The highest BCUT2D eigenvalue weighted by Crippen LogP contribution is 2.36. The second-order valence-electron chi connectivity index (χ2n) is 5.85. The molecule has 0 spiro atoms. The van der Waals surface area contributed by atoms with E-state index < -0.39 is 0 Å². The van der Waals surface area contributed by atoms with Crippen LogP contribution in [0.1, 0.15) is 57.0 Å². The molecule has 1 aliphatic carbocycles. The summed E-state index contributed by atoms with van der Waals surface area (Å²) < 4.78 is 0. The Bertz CT molecular complexity index is 394. The molecule has 1 fully saturated rings. The fourth-order valence-electron chi connectivity index (χ4n) is 2.16. The maximum atomic E-state index is 5.84. The number of anilines is 1. The first-order valence-corrected chi connectivity index (χ1v) is 7.80. The van der Waals surface area contributed by atoms with Gasteiger partial charge in [-0.25, -0.2) is 4.98 Å². The zero-order valence-electron chi connectivity index (χ0n) is 11.9. The molecule has 1 aliphatic rings. The molecule has 3 nitrogen and oxygen atoms in total. The summed E-state index contributed by atoms with van der Waals surface area (Å²) in [5, 5.41) is 1.17. The van der Waals surface area contributed by atoms with Crippen molar-refractivity contribution < 1.29 is 0 Å². The zero-order valence-corrected chi connectivity index (χ0v) is 12.8. The Morgan fingerprint density at radius 2 is 2.00 bits per heavy atom. The van der Waals surface area contributed by atoms with Gasteiger partial charge in [-0.05, 0) is 38.5 Å². The Hall–Kier alpha value is -0.610. The lowest BCUT2D eigenvalue weighted by molar-refractivity contribution is 0.640. The van der Waals surface area contributed by atoms with E-state index in [2.05, 4.69) is 32.6 Å². The van der Waals surface area contributed by atoms with Gasteiger partial charge in [-0.3, -0.25) is 0 Å². The normalized spacial score (nSPS) is 15.7. The third kappa shape index (κ3) is 3.04. The summed E-state index contributed by atoms with van der Waals surface area (Å²) >= 11 is 1.78. The molecule has 4 heteroatoms. The van der Waals surface area contributed by atoms with E-state index in [4.69, 9.17) is 10.7 Å². The summed E-state index contributed by atoms with van der Waals surface area (Å²) in [5.41, 5.74) is 7.04. The van der Waals surface area contributed by atoms with E-state index in [0.717, 1.165) is 12.5 Å². The summed E-state index contributed by atoms with van der Waals surface area (Å²) in [6.45, 7) is 10.7. The van der Waals surface area contributed by atoms with Crippen LogP contribution in [-0.2, 0) is 6.54 Å².